The summed E-state index contributed by atoms with van der Waals surface area (Å²) in [5.41, 5.74) is 11.1. The summed E-state index contributed by atoms with van der Waals surface area (Å²) >= 11 is 0. The summed E-state index contributed by atoms with van der Waals surface area (Å²) in [5, 5.41) is 1.10. The number of allylic oxidation sites excluding steroid dienone is 4. The molecule has 0 saturated carbocycles. The number of hydrogen-bond donors (Lipinski definition) is 0. The highest BCUT2D eigenvalue weighted by Crippen LogP contribution is 2.47. The summed E-state index contributed by atoms with van der Waals surface area (Å²) < 4.78 is 0. The average Bonchev–Trinajstić information content (AvgIpc) is 3.52. The molecule has 1 aliphatic heterocycles. The van der Waals surface area contributed by atoms with Crippen molar-refractivity contribution in [1.82, 2.24) is 29.9 Å². The van der Waals surface area contributed by atoms with Gasteiger partial charge in [0.15, 0.2) is 17.5 Å². The molecule has 5 heterocycles. The number of pyridine rings is 3. The van der Waals surface area contributed by atoms with Crippen molar-refractivity contribution in [2.75, 3.05) is 0 Å². The molecule has 0 radical (unpaired) electrons. The van der Waals surface area contributed by atoms with Crippen molar-refractivity contribution in [3.05, 3.63) is 152 Å². The summed E-state index contributed by atoms with van der Waals surface area (Å²) in [4.78, 5) is 33.5. The molecule has 1 aliphatic carbocycles. The highest BCUT2D eigenvalue weighted by molar-refractivity contribution is 6.12. The van der Waals surface area contributed by atoms with Gasteiger partial charge in [-0.15, -0.1) is 0 Å². The van der Waals surface area contributed by atoms with Crippen LogP contribution in [-0.4, -0.2) is 35.6 Å². The number of hydrogen-bond acceptors (Lipinski definition) is 7. The van der Waals surface area contributed by atoms with Crippen molar-refractivity contribution in [2.24, 2.45) is 4.99 Å². The Balaban J connectivity index is 1.10. The Morgan fingerprint density at radius 1 is 0.551 bits per heavy atom. The van der Waals surface area contributed by atoms with Crippen molar-refractivity contribution in [1.29, 1.82) is 0 Å². The molecule has 7 aromatic rings. The third kappa shape index (κ3) is 5.41. The van der Waals surface area contributed by atoms with Crippen LogP contribution >= 0.6 is 0 Å². The summed E-state index contributed by atoms with van der Waals surface area (Å²) in [6, 6.07) is 33.0. The van der Waals surface area contributed by atoms with E-state index in [0.29, 0.717) is 17.5 Å². The molecule has 0 bridgehead atoms. The lowest BCUT2D eigenvalue weighted by Gasteiger charge is -2.18. The highest BCUT2D eigenvalue weighted by Gasteiger charge is 2.31. The van der Waals surface area contributed by atoms with Gasteiger partial charge in [0.1, 0.15) is 0 Å². The van der Waals surface area contributed by atoms with Gasteiger partial charge in [-0.2, -0.15) is 0 Å². The van der Waals surface area contributed by atoms with E-state index < -0.39 is 0 Å². The van der Waals surface area contributed by atoms with Crippen LogP contribution in [0, 0.1) is 0 Å². The van der Waals surface area contributed by atoms with Gasteiger partial charge in [-0.05, 0) is 66.4 Å². The number of rotatable bonds is 5. The number of fused-ring (bicyclic) bond motifs is 5. The van der Waals surface area contributed by atoms with Gasteiger partial charge in [0.05, 0.1) is 16.9 Å². The molecule has 0 N–H and O–H groups in total. The molecule has 1 atom stereocenters. The molecule has 49 heavy (non-hydrogen) atoms. The highest BCUT2D eigenvalue weighted by atomic mass is 15.0. The number of benzene rings is 3. The zero-order valence-corrected chi connectivity index (χ0v) is 26.5. The number of aromatic nitrogens is 6. The van der Waals surface area contributed by atoms with Crippen LogP contribution in [-0.2, 0) is 0 Å². The molecular weight excluding hydrogens is 603 g/mol. The van der Waals surface area contributed by atoms with E-state index in [1.807, 2.05) is 42.5 Å². The Bertz CT molecular complexity index is 2380. The number of aliphatic imine (C=N–C) groups is 1. The summed E-state index contributed by atoms with van der Waals surface area (Å²) in [6.07, 6.45) is 17.6. The van der Waals surface area contributed by atoms with Crippen LogP contribution in [0.3, 0.4) is 0 Å². The molecule has 0 amide bonds. The molecule has 0 spiro atoms. The van der Waals surface area contributed by atoms with E-state index in [9.17, 15) is 0 Å². The molecule has 7 nitrogen and oxygen atoms in total. The van der Waals surface area contributed by atoms with Crippen LogP contribution in [0.4, 0.5) is 5.69 Å². The SMILES string of the molecule is C1=CCCC2C(=Nc3c2c(-c2ccc(-c4cccc(-c5nc(-c6cccnc6)nc(-c6cccnc6)n5)c4)cc2)nc2ccccc32)C=C1. The van der Waals surface area contributed by atoms with Gasteiger partial charge in [0, 0.05) is 69.6 Å². The lowest BCUT2D eigenvalue weighted by Crippen LogP contribution is -2.08. The fourth-order valence-electron chi connectivity index (χ4n) is 6.68. The Labute approximate surface area is 283 Å². The first-order chi connectivity index (χ1) is 24.3. The quantitative estimate of drug-likeness (QED) is 0.188. The minimum atomic E-state index is 0.216. The van der Waals surface area contributed by atoms with Crippen LogP contribution < -0.4 is 0 Å². The normalized spacial score (nSPS) is 14.9. The van der Waals surface area contributed by atoms with E-state index in [-0.39, 0.29) is 5.92 Å². The summed E-state index contributed by atoms with van der Waals surface area (Å²) in [5.74, 6) is 1.92. The van der Waals surface area contributed by atoms with E-state index in [4.69, 9.17) is 24.9 Å². The van der Waals surface area contributed by atoms with Crippen molar-refractivity contribution in [3.63, 3.8) is 0 Å². The Morgan fingerprint density at radius 2 is 1.22 bits per heavy atom. The zero-order valence-electron chi connectivity index (χ0n) is 26.5. The molecule has 4 aromatic heterocycles. The van der Waals surface area contributed by atoms with Gasteiger partial charge >= 0.3 is 0 Å². The van der Waals surface area contributed by atoms with Gasteiger partial charge in [0.2, 0.25) is 0 Å². The van der Waals surface area contributed by atoms with E-state index in [2.05, 4.69) is 88.9 Å². The lowest BCUT2D eigenvalue weighted by molar-refractivity contribution is 0.795. The molecule has 1 unspecified atom stereocenters. The first kappa shape index (κ1) is 28.7. The molecule has 232 valence electrons. The fourth-order valence-corrected chi connectivity index (χ4v) is 6.68. The second-order valence-corrected chi connectivity index (χ2v) is 12.1. The number of nitrogens with zero attached hydrogens (tertiary/aromatic N) is 7. The molecule has 9 rings (SSSR count). The minimum Gasteiger partial charge on any atom is -0.264 e. The first-order valence-electron chi connectivity index (χ1n) is 16.4. The van der Waals surface area contributed by atoms with Crippen molar-refractivity contribution >= 4 is 22.3 Å². The molecule has 0 saturated heterocycles. The second kappa shape index (κ2) is 12.3. The molecule has 3 aromatic carbocycles. The predicted octanol–water partition coefficient (Wildman–Crippen LogP) is 9.62. The summed E-state index contributed by atoms with van der Waals surface area (Å²) in [6.45, 7) is 0. The maximum Gasteiger partial charge on any atom is 0.165 e. The second-order valence-electron chi connectivity index (χ2n) is 12.1. The van der Waals surface area contributed by atoms with Crippen molar-refractivity contribution < 1.29 is 0 Å². The first-order valence-corrected chi connectivity index (χ1v) is 16.4. The smallest absolute Gasteiger partial charge is 0.165 e. The fraction of sp³-hybridized carbons (Fsp3) is 0.0714. The minimum absolute atomic E-state index is 0.216. The molecular formula is C42H29N7. The maximum absolute atomic E-state index is 5.24. The third-order valence-electron chi connectivity index (χ3n) is 9.07. The van der Waals surface area contributed by atoms with Crippen molar-refractivity contribution in [3.8, 4) is 56.5 Å². The third-order valence-corrected chi connectivity index (χ3v) is 9.07. The topological polar surface area (TPSA) is 89.7 Å². The van der Waals surface area contributed by atoms with Gasteiger partial charge in [0.25, 0.3) is 0 Å². The summed E-state index contributed by atoms with van der Waals surface area (Å²) in [7, 11) is 0. The Hall–Kier alpha value is -6.47. The van der Waals surface area contributed by atoms with E-state index in [1.165, 1.54) is 5.56 Å². The van der Waals surface area contributed by atoms with Crippen LogP contribution in [0.25, 0.3) is 67.5 Å². The Morgan fingerprint density at radius 3 is 1.96 bits per heavy atom. The van der Waals surface area contributed by atoms with Gasteiger partial charge in [-0.1, -0.05) is 78.9 Å². The van der Waals surface area contributed by atoms with Gasteiger partial charge < -0.3 is 0 Å². The standard InChI is InChI=1S/C42H29N7/c1-2-4-16-35-33(14-3-1)37-38(45-36-17-6-5-15-34(36)39(37)46-35)28-20-18-27(19-21-28)29-10-7-11-30(24-29)40-47-41(31-12-8-22-43-25-31)49-42(48-40)32-13-9-23-44-26-32/h1-2,4-13,15-26,33H,3,14H2. The average molecular weight is 632 g/mol. The van der Waals surface area contributed by atoms with Crippen LogP contribution in [0.15, 0.2) is 151 Å². The van der Waals surface area contributed by atoms with Gasteiger partial charge in [-0.3, -0.25) is 15.0 Å². The predicted molar refractivity (Wildman–Crippen MR) is 195 cm³/mol. The van der Waals surface area contributed by atoms with Crippen molar-refractivity contribution in [2.45, 2.75) is 18.8 Å². The van der Waals surface area contributed by atoms with Crippen LogP contribution in [0.2, 0.25) is 0 Å². The van der Waals surface area contributed by atoms with E-state index >= 15 is 0 Å². The zero-order chi connectivity index (χ0) is 32.6. The molecule has 0 fully saturated rings. The van der Waals surface area contributed by atoms with Crippen LogP contribution in [0.5, 0.6) is 0 Å². The Kier molecular flexibility index (Phi) is 7.20. The van der Waals surface area contributed by atoms with E-state index in [0.717, 1.165) is 74.2 Å². The maximum atomic E-state index is 5.24. The lowest BCUT2D eigenvalue weighted by atomic mass is 9.86. The molecule has 2 aliphatic rings. The monoisotopic (exact) mass is 631 g/mol. The van der Waals surface area contributed by atoms with E-state index in [1.54, 1.807) is 24.8 Å². The molecule has 7 heteroatoms. The van der Waals surface area contributed by atoms with Crippen LogP contribution in [0.1, 0.15) is 24.3 Å². The van der Waals surface area contributed by atoms with Gasteiger partial charge in [-0.25, -0.2) is 19.9 Å². The largest absolute Gasteiger partial charge is 0.264 e. The number of para-hydroxylation sites is 1.